The molecule has 0 fully saturated rings. The van der Waals surface area contributed by atoms with Gasteiger partial charge in [-0.25, -0.2) is 19.9 Å². The van der Waals surface area contributed by atoms with E-state index in [-0.39, 0.29) is 5.78 Å². The highest BCUT2D eigenvalue weighted by molar-refractivity contribution is 9.10. The van der Waals surface area contributed by atoms with Gasteiger partial charge >= 0.3 is 0 Å². The second kappa shape index (κ2) is 16.8. The number of hydrogen-bond acceptors (Lipinski definition) is 10. The fourth-order valence-electron chi connectivity index (χ4n) is 4.26. The van der Waals surface area contributed by atoms with Crippen molar-refractivity contribution in [3.63, 3.8) is 0 Å². The summed E-state index contributed by atoms with van der Waals surface area (Å²) in [6.45, 7) is 0. The topological polar surface area (TPSA) is 123 Å². The van der Waals surface area contributed by atoms with Gasteiger partial charge in [0.05, 0.1) is 39.5 Å². The van der Waals surface area contributed by atoms with E-state index in [1.54, 1.807) is 77.0 Å². The van der Waals surface area contributed by atoms with Crippen molar-refractivity contribution in [2.75, 3.05) is 28.4 Å². The van der Waals surface area contributed by atoms with Crippen LogP contribution in [0.15, 0.2) is 94.4 Å². The third-order valence-electron chi connectivity index (χ3n) is 6.52. The molecule has 4 aromatic carbocycles. The summed E-state index contributed by atoms with van der Waals surface area (Å²) < 4.78 is 22.7. The number of ether oxygens (including phenoxy) is 4. The Labute approximate surface area is 292 Å². The number of hydrogen-bond donors (Lipinski definition) is 0. The first-order chi connectivity index (χ1) is 22.7. The van der Waals surface area contributed by atoms with Crippen LogP contribution in [0.2, 0.25) is 5.15 Å². The molecule has 0 saturated heterocycles. The zero-order valence-corrected chi connectivity index (χ0v) is 29.5. The van der Waals surface area contributed by atoms with Gasteiger partial charge in [0.25, 0.3) is 0 Å². The van der Waals surface area contributed by atoms with E-state index in [1.165, 1.54) is 12.7 Å². The van der Waals surface area contributed by atoms with Gasteiger partial charge in [-0.2, -0.15) is 0 Å². The van der Waals surface area contributed by atoms with Crippen molar-refractivity contribution in [3.8, 4) is 23.0 Å². The van der Waals surface area contributed by atoms with Gasteiger partial charge < -0.3 is 18.9 Å². The maximum Gasteiger partial charge on any atom is 0.212 e. The van der Waals surface area contributed by atoms with E-state index in [2.05, 4.69) is 51.8 Å². The number of fused-ring (bicyclic) bond motifs is 2. The summed E-state index contributed by atoms with van der Waals surface area (Å²) >= 11 is 12.6. The van der Waals surface area contributed by atoms with E-state index >= 15 is 0 Å². The highest BCUT2D eigenvalue weighted by Gasteiger charge is 2.17. The molecule has 6 rings (SSSR count). The SMILES string of the molecule is COc1cc2ncnc(C(=O)c3cccc(Br)c3)c2cc1OC.COc1cc2ncnc(Cl)c2cc1OC.O=Cc1cccc(Br)c1. The van der Waals surface area contributed by atoms with Crippen LogP contribution in [0.1, 0.15) is 26.4 Å². The van der Waals surface area contributed by atoms with Gasteiger partial charge in [0.2, 0.25) is 5.78 Å². The van der Waals surface area contributed by atoms with Crippen LogP contribution in [0.25, 0.3) is 21.8 Å². The molecule has 13 heteroatoms. The standard InChI is InChI=1S/C17H13BrN2O3.C10H9ClN2O2.C7H5BrO/c1-22-14-7-12-13(8-15(14)23-2)19-9-20-16(12)17(21)10-4-3-5-11(18)6-10;1-14-8-3-6-7(4-9(8)15-2)12-5-13-10(6)11;8-7-3-1-2-6(4-7)5-9/h3-9H,1-2H3;3-5H,1-2H3;1-5H. The zero-order valence-electron chi connectivity index (χ0n) is 25.5. The number of benzene rings is 4. The maximum atomic E-state index is 12.8. The third kappa shape index (κ3) is 8.79. The molecule has 0 amide bonds. The molecule has 6 aromatic rings. The van der Waals surface area contributed by atoms with Crippen LogP contribution >= 0.6 is 43.5 Å². The van der Waals surface area contributed by atoms with Gasteiger partial charge in [-0.3, -0.25) is 9.59 Å². The number of ketones is 1. The van der Waals surface area contributed by atoms with E-state index in [4.69, 9.17) is 30.5 Å². The molecule has 0 bridgehead atoms. The molecule has 10 nitrogen and oxygen atoms in total. The predicted octanol–water partition coefficient (Wildman–Crippen LogP) is 8.20. The van der Waals surface area contributed by atoms with Crippen molar-refractivity contribution in [1.29, 1.82) is 0 Å². The lowest BCUT2D eigenvalue weighted by Gasteiger charge is -2.10. The number of methoxy groups -OCH3 is 4. The summed E-state index contributed by atoms with van der Waals surface area (Å²) in [5, 5.41) is 1.77. The third-order valence-corrected chi connectivity index (χ3v) is 7.81. The molecule has 0 atom stereocenters. The summed E-state index contributed by atoms with van der Waals surface area (Å²) in [4.78, 5) is 39.3. The van der Waals surface area contributed by atoms with Crippen LogP contribution in [0.5, 0.6) is 23.0 Å². The predicted molar refractivity (Wildman–Crippen MR) is 187 cm³/mol. The number of aromatic nitrogens is 4. The van der Waals surface area contributed by atoms with Crippen LogP contribution in [0, 0.1) is 0 Å². The summed E-state index contributed by atoms with van der Waals surface area (Å²) in [6.07, 6.45) is 3.61. The minimum absolute atomic E-state index is 0.175. The smallest absolute Gasteiger partial charge is 0.212 e. The largest absolute Gasteiger partial charge is 0.493 e. The van der Waals surface area contributed by atoms with Crippen LogP contribution in [-0.4, -0.2) is 60.4 Å². The van der Waals surface area contributed by atoms with Gasteiger partial charge in [-0.15, -0.1) is 0 Å². The van der Waals surface area contributed by atoms with Gasteiger partial charge in [0.1, 0.15) is 29.8 Å². The van der Waals surface area contributed by atoms with E-state index < -0.39 is 0 Å². The molecular weight excluding hydrogens is 756 g/mol. The first-order valence-electron chi connectivity index (χ1n) is 13.6. The number of nitrogens with zero attached hydrogens (tertiary/aromatic N) is 4. The van der Waals surface area contributed by atoms with Gasteiger partial charge in [-0.1, -0.05) is 67.7 Å². The Hall–Kier alpha value is -4.65. The Morgan fingerprint density at radius 1 is 0.660 bits per heavy atom. The molecule has 0 aliphatic rings. The minimum atomic E-state index is -0.175. The van der Waals surface area contributed by atoms with Crippen molar-refractivity contribution in [2.45, 2.75) is 0 Å². The first-order valence-corrected chi connectivity index (χ1v) is 15.6. The van der Waals surface area contributed by atoms with Gasteiger partial charge in [0.15, 0.2) is 23.0 Å². The maximum absolute atomic E-state index is 12.8. The number of carbonyl (C=O) groups is 2. The summed E-state index contributed by atoms with van der Waals surface area (Å²) in [6, 6.07) is 21.4. The zero-order chi connectivity index (χ0) is 33.9. The van der Waals surface area contributed by atoms with Crippen molar-refractivity contribution in [1.82, 2.24) is 19.9 Å². The molecule has 0 unspecified atom stereocenters. The number of rotatable bonds is 7. The molecule has 0 radical (unpaired) electrons. The Kier molecular flexibility index (Phi) is 12.6. The highest BCUT2D eigenvalue weighted by atomic mass is 79.9. The Morgan fingerprint density at radius 2 is 1.17 bits per heavy atom. The molecule has 0 spiro atoms. The van der Waals surface area contributed by atoms with E-state index in [1.807, 2.05) is 24.3 Å². The molecule has 2 aromatic heterocycles. The van der Waals surface area contributed by atoms with Crippen LogP contribution in [0.3, 0.4) is 0 Å². The van der Waals surface area contributed by atoms with Crippen molar-refractivity contribution >= 4 is 77.3 Å². The van der Waals surface area contributed by atoms with Crippen molar-refractivity contribution in [3.05, 3.63) is 116 Å². The second-order valence-corrected chi connectivity index (χ2v) is 11.5. The highest BCUT2D eigenvalue weighted by Crippen LogP contribution is 2.34. The molecule has 0 saturated carbocycles. The number of halogens is 3. The van der Waals surface area contributed by atoms with E-state index in [0.717, 1.165) is 26.1 Å². The van der Waals surface area contributed by atoms with Gasteiger partial charge in [0, 0.05) is 43.0 Å². The van der Waals surface area contributed by atoms with Crippen LogP contribution in [-0.2, 0) is 0 Å². The fraction of sp³-hybridized carbons (Fsp3) is 0.118. The molecule has 240 valence electrons. The number of aldehydes is 1. The monoisotopic (exact) mass is 780 g/mol. The number of carbonyl (C=O) groups excluding carboxylic acids is 2. The molecular formula is C34H27Br2ClN4O6. The Morgan fingerprint density at radius 3 is 1.70 bits per heavy atom. The normalized spacial score (nSPS) is 10.2. The lowest BCUT2D eigenvalue weighted by molar-refractivity contribution is 0.103. The first kappa shape index (κ1) is 35.2. The molecule has 2 heterocycles. The van der Waals surface area contributed by atoms with Crippen molar-refractivity contribution in [2.24, 2.45) is 0 Å². The van der Waals surface area contributed by atoms with Crippen LogP contribution < -0.4 is 18.9 Å². The fourth-order valence-corrected chi connectivity index (χ4v) is 5.27. The molecule has 0 N–H and O–H groups in total. The second-order valence-electron chi connectivity index (χ2n) is 9.35. The lowest BCUT2D eigenvalue weighted by Crippen LogP contribution is -2.06. The summed E-state index contributed by atoms with van der Waals surface area (Å²) in [5.74, 6) is 2.14. The van der Waals surface area contributed by atoms with Crippen molar-refractivity contribution < 1.29 is 28.5 Å². The average Bonchev–Trinajstić information content (AvgIpc) is 3.10. The van der Waals surface area contributed by atoms with E-state index in [9.17, 15) is 9.59 Å². The lowest BCUT2D eigenvalue weighted by atomic mass is 10.0. The Balaban J connectivity index is 0.000000178. The molecule has 0 aliphatic heterocycles. The van der Waals surface area contributed by atoms with Gasteiger partial charge in [-0.05, 0) is 36.4 Å². The quantitative estimate of drug-likeness (QED) is 0.0890. The Bertz CT molecular complexity index is 2050. The van der Waals surface area contributed by atoms with Crippen LogP contribution in [0.4, 0.5) is 0 Å². The molecule has 0 aliphatic carbocycles. The van der Waals surface area contributed by atoms with E-state index in [0.29, 0.717) is 55.9 Å². The summed E-state index contributed by atoms with van der Waals surface area (Å²) in [7, 11) is 6.25. The minimum Gasteiger partial charge on any atom is -0.493 e. The molecule has 47 heavy (non-hydrogen) atoms. The average molecular weight is 783 g/mol. The summed E-state index contributed by atoms with van der Waals surface area (Å²) in [5.41, 5.74) is 2.93.